The van der Waals surface area contributed by atoms with Gasteiger partial charge in [0.15, 0.2) is 11.5 Å². The Hall–Kier alpha value is -1.46. The molecule has 0 aliphatic carbocycles. The molecule has 0 saturated heterocycles. The number of hydrogen-bond donors (Lipinski definition) is 1. The highest BCUT2D eigenvalue weighted by Gasteiger charge is 2.17. The van der Waals surface area contributed by atoms with Crippen molar-refractivity contribution in [3.63, 3.8) is 0 Å². The Bertz CT molecular complexity index is 419. The molecule has 19 heavy (non-hydrogen) atoms. The Labute approximate surface area is 114 Å². The van der Waals surface area contributed by atoms with Gasteiger partial charge in [-0.2, -0.15) is 0 Å². The highest BCUT2D eigenvalue weighted by atomic mass is 16.7. The quantitative estimate of drug-likeness (QED) is 0.812. The van der Waals surface area contributed by atoms with Gasteiger partial charge in [-0.25, -0.2) is 0 Å². The SMILES string of the molecule is CCN(CC)CCOc1cc2c(cc1CN)OCO2. The molecule has 1 heterocycles. The van der Waals surface area contributed by atoms with E-state index in [2.05, 4.69) is 18.7 Å². The maximum atomic E-state index is 5.83. The van der Waals surface area contributed by atoms with Crippen LogP contribution in [-0.4, -0.2) is 37.9 Å². The topological polar surface area (TPSA) is 57.0 Å². The predicted octanol–water partition coefficient (Wildman–Crippen LogP) is 1.59. The van der Waals surface area contributed by atoms with Gasteiger partial charge in [-0.3, -0.25) is 0 Å². The Morgan fingerprint density at radius 3 is 2.53 bits per heavy atom. The fraction of sp³-hybridized carbons (Fsp3) is 0.571. The van der Waals surface area contributed by atoms with Crippen LogP contribution in [0.2, 0.25) is 0 Å². The van der Waals surface area contributed by atoms with E-state index in [0.29, 0.717) is 13.2 Å². The van der Waals surface area contributed by atoms with E-state index in [4.69, 9.17) is 19.9 Å². The maximum Gasteiger partial charge on any atom is 0.231 e. The molecule has 0 bridgehead atoms. The summed E-state index contributed by atoms with van der Waals surface area (Å²) < 4.78 is 16.5. The molecule has 106 valence electrons. The van der Waals surface area contributed by atoms with Crippen LogP contribution in [0.3, 0.4) is 0 Å². The number of rotatable bonds is 7. The van der Waals surface area contributed by atoms with Gasteiger partial charge < -0.3 is 24.8 Å². The van der Waals surface area contributed by atoms with Crippen LogP contribution < -0.4 is 19.9 Å². The highest BCUT2D eigenvalue weighted by Crippen LogP contribution is 2.37. The molecular formula is C14H22N2O3. The van der Waals surface area contributed by atoms with Crippen molar-refractivity contribution in [1.82, 2.24) is 4.90 Å². The molecule has 1 aliphatic rings. The molecule has 0 spiro atoms. The van der Waals surface area contributed by atoms with E-state index in [9.17, 15) is 0 Å². The van der Waals surface area contributed by atoms with Crippen molar-refractivity contribution in [1.29, 1.82) is 0 Å². The van der Waals surface area contributed by atoms with E-state index in [1.807, 2.05) is 12.1 Å². The smallest absolute Gasteiger partial charge is 0.231 e. The highest BCUT2D eigenvalue weighted by molar-refractivity contribution is 5.51. The van der Waals surface area contributed by atoms with Crippen LogP contribution in [0.4, 0.5) is 0 Å². The molecule has 0 saturated carbocycles. The van der Waals surface area contributed by atoms with Crippen LogP contribution in [0.1, 0.15) is 19.4 Å². The third-order valence-electron chi connectivity index (χ3n) is 3.34. The zero-order valence-electron chi connectivity index (χ0n) is 11.6. The summed E-state index contributed by atoms with van der Waals surface area (Å²) in [7, 11) is 0. The van der Waals surface area contributed by atoms with Crippen molar-refractivity contribution in [3.05, 3.63) is 17.7 Å². The van der Waals surface area contributed by atoms with Gasteiger partial charge in [0, 0.05) is 24.7 Å². The Kier molecular flexibility index (Phi) is 4.87. The Morgan fingerprint density at radius 1 is 1.21 bits per heavy atom. The number of benzene rings is 1. The third kappa shape index (κ3) is 3.30. The van der Waals surface area contributed by atoms with Crippen molar-refractivity contribution >= 4 is 0 Å². The Balaban J connectivity index is 1.99. The average Bonchev–Trinajstić information content (AvgIpc) is 2.89. The lowest BCUT2D eigenvalue weighted by atomic mass is 10.2. The molecule has 2 rings (SSSR count). The van der Waals surface area contributed by atoms with Crippen LogP contribution in [0, 0.1) is 0 Å². The van der Waals surface area contributed by atoms with Crippen molar-refractivity contribution in [2.75, 3.05) is 33.0 Å². The number of ether oxygens (including phenoxy) is 3. The fourth-order valence-corrected chi connectivity index (χ4v) is 2.08. The van der Waals surface area contributed by atoms with Gasteiger partial charge in [0.1, 0.15) is 12.4 Å². The lowest BCUT2D eigenvalue weighted by Gasteiger charge is -2.19. The molecule has 1 aromatic rings. The summed E-state index contributed by atoms with van der Waals surface area (Å²) in [5, 5.41) is 0. The van der Waals surface area contributed by atoms with Crippen LogP contribution in [-0.2, 0) is 6.54 Å². The van der Waals surface area contributed by atoms with Gasteiger partial charge >= 0.3 is 0 Å². The summed E-state index contributed by atoms with van der Waals surface area (Å²) in [6, 6.07) is 3.77. The standard InChI is InChI=1S/C14H22N2O3/c1-3-16(4-2)5-6-17-12-8-14-13(18-10-19-14)7-11(12)9-15/h7-8H,3-6,9-10,15H2,1-2H3. The average molecular weight is 266 g/mol. The zero-order chi connectivity index (χ0) is 13.7. The van der Waals surface area contributed by atoms with Crippen LogP contribution in [0.25, 0.3) is 0 Å². The molecule has 0 fully saturated rings. The van der Waals surface area contributed by atoms with Gasteiger partial charge in [0.2, 0.25) is 6.79 Å². The second kappa shape index (κ2) is 6.63. The molecule has 2 N–H and O–H groups in total. The van der Waals surface area contributed by atoms with Gasteiger partial charge in [0.25, 0.3) is 0 Å². The second-order valence-corrected chi connectivity index (χ2v) is 4.39. The molecule has 0 aromatic heterocycles. The van der Waals surface area contributed by atoms with Gasteiger partial charge in [-0.1, -0.05) is 13.8 Å². The monoisotopic (exact) mass is 266 g/mol. The number of fused-ring (bicyclic) bond motifs is 1. The normalized spacial score (nSPS) is 13.1. The lowest BCUT2D eigenvalue weighted by molar-refractivity contribution is 0.173. The first-order valence-electron chi connectivity index (χ1n) is 6.76. The summed E-state index contributed by atoms with van der Waals surface area (Å²) in [5.41, 5.74) is 6.69. The predicted molar refractivity (Wildman–Crippen MR) is 73.7 cm³/mol. The molecular weight excluding hydrogens is 244 g/mol. The van der Waals surface area contributed by atoms with Crippen molar-refractivity contribution < 1.29 is 14.2 Å². The van der Waals surface area contributed by atoms with Crippen molar-refractivity contribution in [2.45, 2.75) is 20.4 Å². The van der Waals surface area contributed by atoms with E-state index >= 15 is 0 Å². The lowest BCUT2D eigenvalue weighted by Crippen LogP contribution is -2.28. The second-order valence-electron chi connectivity index (χ2n) is 4.39. The van der Waals surface area contributed by atoms with Gasteiger partial charge in [-0.15, -0.1) is 0 Å². The minimum Gasteiger partial charge on any atom is -0.492 e. The molecule has 0 radical (unpaired) electrons. The number of nitrogens with two attached hydrogens (primary N) is 1. The first kappa shape index (κ1) is 14.0. The molecule has 1 aromatic carbocycles. The van der Waals surface area contributed by atoms with E-state index in [1.165, 1.54) is 0 Å². The Morgan fingerprint density at radius 2 is 1.89 bits per heavy atom. The number of likely N-dealkylation sites (N-methyl/N-ethyl adjacent to an activating group) is 1. The summed E-state index contributed by atoms with van der Waals surface area (Å²) in [4.78, 5) is 2.31. The minimum atomic E-state index is 0.266. The van der Waals surface area contributed by atoms with E-state index in [1.54, 1.807) is 0 Å². The van der Waals surface area contributed by atoms with Gasteiger partial charge in [-0.05, 0) is 19.2 Å². The molecule has 5 nitrogen and oxygen atoms in total. The fourth-order valence-electron chi connectivity index (χ4n) is 2.08. The summed E-state index contributed by atoms with van der Waals surface area (Å²) >= 11 is 0. The summed E-state index contributed by atoms with van der Waals surface area (Å²) in [6.07, 6.45) is 0. The third-order valence-corrected chi connectivity index (χ3v) is 3.34. The van der Waals surface area contributed by atoms with Crippen LogP contribution in [0.5, 0.6) is 17.2 Å². The molecule has 0 amide bonds. The maximum absolute atomic E-state index is 5.83. The molecule has 0 unspecified atom stereocenters. The van der Waals surface area contributed by atoms with E-state index in [0.717, 1.165) is 42.4 Å². The molecule has 5 heteroatoms. The van der Waals surface area contributed by atoms with E-state index in [-0.39, 0.29) is 6.79 Å². The largest absolute Gasteiger partial charge is 0.492 e. The van der Waals surface area contributed by atoms with Crippen LogP contribution >= 0.6 is 0 Å². The number of hydrogen-bond acceptors (Lipinski definition) is 5. The first-order valence-corrected chi connectivity index (χ1v) is 6.76. The van der Waals surface area contributed by atoms with Crippen molar-refractivity contribution in [3.8, 4) is 17.2 Å². The number of nitrogens with zero attached hydrogens (tertiary/aromatic N) is 1. The van der Waals surface area contributed by atoms with Gasteiger partial charge in [0.05, 0.1) is 0 Å². The minimum absolute atomic E-state index is 0.266. The van der Waals surface area contributed by atoms with E-state index < -0.39 is 0 Å². The summed E-state index contributed by atoms with van der Waals surface area (Å²) in [6.45, 7) is 8.61. The first-order chi connectivity index (χ1) is 9.28. The molecule has 1 aliphatic heterocycles. The van der Waals surface area contributed by atoms with Crippen molar-refractivity contribution in [2.24, 2.45) is 5.73 Å². The zero-order valence-corrected chi connectivity index (χ0v) is 11.6. The summed E-state index contributed by atoms with van der Waals surface area (Å²) in [5.74, 6) is 2.27. The van der Waals surface area contributed by atoms with Crippen LogP contribution in [0.15, 0.2) is 12.1 Å². The molecule has 0 atom stereocenters.